The normalized spacial score (nSPS) is 11.8. The van der Waals surface area contributed by atoms with E-state index in [2.05, 4.69) is 274 Å². The van der Waals surface area contributed by atoms with Gasteiger partial charge in [0, 0.05) is 101 Å². The highest BCUT2D eigenvalue weighted by molar-refractivity contribution is 6.15. The maximum Gasteiger partial charge on any atom is 0.159 e. The molecule has 12 aromatic carbocycles. The van der Waals surface area contributed by atoms with Crippen molar-refractivity contribution >= 4 is 139 Å². The van der Waals surface area contributed by atoms with Crippen LogP contribution in [-0.2, 0) is 0 Å². The van der Waals surface area contributed by atoms with Crippen molar-refractivity contribution in [1.29, 1.82) is 0 Å². The molecule has 0 unspecified atom stereocenters. The Morgan fingerprint density at radius 1 is 0.228 bits per heavy atom. The van der Waals surface area contributed by atoms with Crippen LogP contribution in [0.3, 0.4) is 0 Å². The Kier molecular flexibility index (Phi) is 10.1. The van der Waals surface area contributed by atoms with Crippen molar-refractivity contribution < 1.29 is 13.3 Å². The van der Waals surface area contributed by atoms with Crippen molar-refractivity contribution in [3.8, 4) is 5.69 Å². The van der Waals surface area contributed by atoms with E-state index in [1.54, 1.807) is 0 Å². The first-order valence-corrected chi connectivity index (χ1v) is 26.6. The van der Waals surface area contributed by atoms with E-state index in [0.29, 0.717) is 0 Å². The average molecular weight is 1020 g/mol. The molecule has 0 saturated heterocycles. The largest absolute Gasteiger partial charge is 0.456 e. The van der Waals surface area contributed by atoms with Gasteiger partial charge in [0.05, 0.1) is 22.4 Å². The van der Waals surface area contributed by atoms with Crippen LogP contribution in [0.15, 0.2) is 292 Å². The molecule has 0 fully saturated rings. The Morgan fingerprint density at radius 2 is 0.646 bits per heavy atom. The predicted molar refractivity (Wildman–Crippen MR) is 327 cm³/mol. The minimum Gasteiger partial charge on any atom is -0.456 e. The molecule has 7 heteroatoms. The van der Waals surface area contributed by atoms with Gasteiger partial charge in [-0.15, -0.1) is 0 Å². The second-order valence-corrected chi connectivity index (χ2v) is 20.1. The van der Waals surface area contributed by atoms with E-state index < -0.39 is 0 Å². The fourth-order valence-corrected chi connectivity index (χ4v) is 12.0. The zero-order valence-corrected chi connectivity index (χ0v) is 42.6. The van der Waals surface area contributed by atoms with E-state index >= 15 is 0 Å². The number of hydrogen-bond acceptors (Lipinski definition) is 6. The third-order valence-corrected chi connectivity index (χ3v) is 15.5. The highest BCUT2D eigenvalue weighted by Crippen LogP contribution is 2.50. The van der Waals surface area contributed by atoms with E-state index in [9.17, 15) is 0 Å². The first-order chi connectivity index (χ1) is 39.2. The molecule has 0 aliphatic heterocycles. The Balaban J connectivity index is 0.955. The lowest BCUT2D eigenvalue weighted by Crippen LogP contribution is -2.13. The van der Waals surface area contributed by atoms with Crippen molar-refractivity contribution in [3.05, 3.63) is 279 Å². The van der Waals surface area contributed by atoms with Crippen LogP contribution in [0.1, 0.15) is 0 Å². The van der Waals surface area contributed by atoms with Crippen LogP contribution in [0.5, 0.6) is 0 Å². The van der Waals surface area contributed by atoms with Gasteiger partial charge in [-0.3, -0.25) is 0 Å². The van der Waals surface area contributed by atoms with Crippen molar-refractivity contribution in [1.82, 2.24) is 4.57 Å². The van der Waals surface area contributed by atoms with Gasteiger partial charge in [0.2, 0.25) is 0 Å². The van der Waals surface area contributed by atoms with Gasteiger partial charge in [-0.05, 0) is 133 Å². The second-order valence-electron chi connectivity index (χ2n) is 20.1. The Hall–Kier alpha value is -10.8. The van der Waals surface area contributed by atoms with E-state index in [4.69, 9.17) is 13.3 Å². The number of benzene rings is 12. The van der Waals surface area contributed by atoms with Crippen LogP contribution in [0.2, 0.25) is 0 Å². The summed E-state index contributed by atoms with van der Waals surface area (Å²) in [6.45, 7) is 0. The summed E-state index contributed by atoms with van der Waals surface area (Å²) in [5.74, 6) is 0. The van der Waals surface area contributed by atoms with Gasteiger partial charge in [-0.1, -0.05) is 133 Å². The van der Waals surface area contributed by atoms with Crippen molar-refractivity contribution in [2.24, 2.45) is 0 Å². The molecule has 79 heavy (non-hydrogen) atoms. The summed E-state index contributed by atoms with van der Waals surface area (Å²) in [4.78, 5) is 6.97. The zero-order valence-electron chi connectivity index (χ0n) is 42.6. The Morgan fingerprint density at radius 3 is 1.27 bits per heavy atom. The van der Waals surface area contributed by atoms with Gasteiger partial charge < -0.3 is 32.5 Å². The fourth-order valence-electron chi connectivity index (χ4n) is 12.0. The summed E-state index contributed by atoms with van der Waals surface area (Å²) in [7, 11) is 0. The molecule has 0 radical (unpaired) electrons. The number of furan rings is 3. The Bertz CT molecular complexity index is 4980. The fraction of sp³-hybridized carbons (Fsp3) is 0. The number of fused-ring (bicyclic) bond motifs is 12. The smallest absolute Gasteiger partial charge is 0.159 e. The molecule has 0 bridgehead atoms. The standard InChI is InChI=1S/C72H46N4O3/c1-5-19-47(20-6-1)73(52-33-37-57-56-27-13-16-30-64(56)76(65(57)43-52)50-25-11-4-12-26-50)51-36-40-69-62(41-51)63-42-55(74(48-21-7-2-8-22-48)53-34-38-60-58-28-14-17-31-67(58)77-70(60)45-53)44-66(72(63)79-69)75(49-23-9-3-10-24-49)54-35-39-61-59-29-15-18-32-68(59)78-71(61)46-54/h1-46H. The van der Waals surface area contributed by atoms with Crippen molar-refractivity contribution in [2.75, 3.05) is 14.7 Å². The monoisotopic (exact) mass is 1010 g/mol. The summed E-state index contributed by atoms with van der Waals surface area (Å²) >= 11 is 0. The molecule has 0 spiro atoms. The third kappa shape index (κ3) is 7.28. The molecule has 372 valence electrons. The van der Waals surface area contributed by atoms with Gasteiger partial charge in [-0.2, -0.15) is 0 Å². The number of hydrogen-bond donors (Lipinski definition) is 0. The van der Waals surface area contributed by atoms with E-state index in [1.165, 1.54) is 10.8 Å². The van der Waals surface area contributed by atoms with Crippen molar-refractivity contribution in [2.45, 2.75) is 0 Å². The SMILES string of the molecule is c1ccc(N(c2ccc3c(c2)oc2ccccc23)c2cc(N(c3ccccc3)c3ccc4c(c3)oc3ccccc34)c3oc4ccc(N(c5ccccc5)c5ccc6c7ccccc7n(-c7ccccc7)c6c5)cc4c3c2)cc1. The molecule has 16 rings (SSSR count). The first kappa shape index (κ1) is 44.5. The van der Waals surface area contributed by atoms with Gasteiger partial charge in [0.1, 0.15) is 27.9 Å². The van der Waals surface area contributed by atoms with Gasteiger partial charge in [-0.25, -0.2) is 0 Å². The Labute approximate surface area is 453 Å². The highest BCUT2D eigenvalue weighted by atomic mass is 16.3. The minimum absolute atomic E-state index is 0.741. The van der Waals surface area contributed by atoms with Crippen LogP contribution in [0, 0.1) is 0 Å². The molecule has 4 aromatic heterocycles. The molecule has 7 nitrogen and oxygen atoms in total. The van der Waals surface area contributed by atoms with E-state index in [-0.39, 0.29) is 0 Å². The minimum atomic E-state index is 0.741. The van der Waals surface area contributed by atoms with Crippen LogP contribution < -0.4 is 14.7 Å². The number of anilines is 9. The number of aromatic nitrogens is 1. The topological polar surface area (TPSA) is 54.1 Å². The van der Waals surface area contributed by atoms with Crippen molar-refractivity contribution in [3.63, 3.8) is 0 Å². The zero-order chi connectivity index (χ0) is 52.0. The van der Waals surface area contributed by atoms with Gasteiger partial charge in [0.15, 0.2) is 5.58 Å². The molecular weight excluding hydrogens is 969 g/mol. The van der Waals surface area contributed by atoms with Gasteiger partial charge >= 0.3 is 0 Å². The number of nitrogens with zero attached hydrogens (tertiary/aromatic N) is 4. The number of rotatable bonds is 10. The average Bonchev–Trinajstić information content (AvgIpc) is 4.30. The van der Waals surface area contributed by atoms with Crippen LogP contribution >= 0.6 is 0 Å². The van der Waals surface area contributed by atoms with Gasteiger partial charge in [0.25, 0.3) is 0 Å². The lowest BCUT2D eigenvalue weighted by molar-refractivity contribution is 0.667. The maximum absolute atomic E-state index is 7.26. The second kappa shape index (κ2) is 17.9. The maximum atomic E-state index is 7.26. The van der Waals surface area contributed by atoms with Crippen LogP contribution in [0.4, 0.5) is 51.2 Å². The number of para-hydroxylation sites is 7. The summed E-state index contributed by atoms with van der Waals surface area (Å²) < 4.78 is 22.8. The van der Waals surface area contributed by atoms with Crippen LogP contribution in [0.25, 0.3) is 93.3 Å². The summed E-state index contributed by atoms with van der Waals surface area (Å²) in [5.41, 5.74) is 16.9. The summed E-state index contributed by atoms with van der Waals surface area (Å²) in [5, 5.41) is 8.61. The predicted octanol–water partition coefficient (Wildman–Crippen LogP) is 20.9. The third-order valence-electron chi connectivity index (χ3n) is 15.5. The molecule has 16 aromatic rings. The summed E-state index contributed by atoms with van der Waals surface area (Å²) in [6.07, 6.45) is 0. The molecule has 0 N–H and O–H groups in total. The highest BCUT2D eigenvalue weighted by Gasteiger charge is 2.26. The van der Waals surface area contributed by atoms with Crippen LogP contribution in [-0.4, -0.2) is 4.57 Å². The quantitative estimate of drug-likeness (QED) is 0.136. The van der Waals surface area contributed by atoms with E-state index in [0.717, 1.165) is 134 Å². The lowest BCUT2D eigenvalue weighted by atomic mass is 10.0. The molecule has 0 aliphatic carbocycles. The molecule has 0 aliphatic rings. The lowest BCUT2D eigenvalue weighted by Gasteiger charge is -2.29. The molecule has 0 atom stereocenters. The molecule has 4 heterocycles. The van der Waals surface area contributed by atoms with E-state index in [1.807, 2.05) is 24.3 Å². The molecule has 0 saturated carbocycles. The summed E-state index contributed by atoms with van der Waals surface area (Å²) in [6, 6.07) is 98.6. The first-order valence-electron chi connectivity index (χ1n) is 26.6. The molecule has 0 amide bonds. The molecular formula is C72H46N4O3.